The molecule has 0 bridgehead atoms. The van der Waals surface area contributed by atoms with E-state index in [-0.39, 0.29) is 5.97 Å². The lowest BCUT2D eigenvalue weighted by molar-refractivity contribution is -0.139. The normalized spacial score (nSPS) is 11.3. The fourth-order valence-corrected chi connectivity index (χ4v) is 6.56. The van der Waals surface area contributed by atoms with Crippen molar-refractivity contribution < 1.29 is 23.8 Å². The van der Waals surface area contributed by atoms with E-state index in [1.807, 2.05) is 110 Å². The molecule has 0 saturated carbocycles. The van der Waals surface area contributed by atoms with Gasteiger partial charge in [0.05, 0.1) is 41.5 Å². The number of nitrogens with zero attached hydrogens (tertiary/aromatic N) is 4. The molecule has 0 radical (unpaired) electrons. The molecule has 1 N–H and O–H groups in total. The topological polar surface area (TPSA) is 123 Å². The van der Waals surface area contributed by atoms with E-state index in [4.69, 9.17) is 24.4 Å². The minimum atomic E-state index is -0.445. The lowest BCUT2D eigenvalue weighted by Gasteiger charge is -2.12. The summed E-state index contributed by atoms with van der Waals surface area (Å²) >= 11 is 0. The first-order chi connectivity index (χ1) is 29.8. The molecular weight excluding hydrogens is 763 g/mol. The van der Waals surface area contributed by atoms with E-state index in [9.17, 15) is 9.59 Å². The summed E-state index contributed by atoms with van der Waals surface area (Å²) in [6.07, 6.45) is 3.58. The quantitative estimate of drug-likeness (QED) is 0.0303. The Balaban J connectivity index is 0.913. The number of rotatable bonds is 18. The van der Waals surface area contributed by atoms with Crippen molar-refractivity contribution in [2.75, 3.05) is 18.5 Å². The summed E-state index contributed by atoms with van der Waals surface area (Å²) in [4.78, 5) is 24.3. The summed E-state index contributed by atoms with van der Waals surface area (Å²) in [5.41, 5.74) is 7.05. The number of esters is 2. The average molecular weight is 810 g/mol. The highest BCUT2D eigenvalue weighted by Gasteiger charge is 2.11. The van der Waals surface area contributed by atoms with Crippen molar-refractivity contribution in [2.45, 2.75) is 46.1 Å². The van der Waals surface area contributed by atoms with Crippen LogP contribution in [0.1, 0.15) is 54.1 Å². The maximum atomic E-state index is 12.9. The third-order valence-corrected chi connectivity index (χ3v) is 9.95. The van der Waals surface area contributed by atoms with Crippen LogP contribution in [0.15, 0.2) is 178 Å². The van der Waals surface area contributed by atoms with Gasteiger partial charge in [0.25, 0.3) is 0 Å². The maximum Gasteiger partial charge on any atom is 0.343 e. The first-order valence-electron chi connectivity index (χ1n) is 20.3. The molecule has 0 atom stereocenters. The largest absolute Gasteiger partial charge is 0.494 e. The number of nitrogens with one attached hydrogen (secondary N) is 1. The third kappa shape index (κ3) is 11.4. The van der Waals surface area contributed by atoms with Gasteiger partial charge in [-0.3, -0.25) is 0 Å². The summed E-state index contributed by atoms with van der Waals surface area (Å²) in [6, 6.07) is 46.3. The number of unbranched alkanes of at least 4 members (excludes halogenated alkanes) is 3. The van der Waals surface area contributed by atoms with E-state index in [1.165, 1.54) is 5.56 Å². The van der Waals surface area contributed by atoms with Crippen molar-refractivity contribution in [2.24, 2.45) is 20.5 Å². The highest BCUT2D eigenvalue weighted by atomic mass is 16.5. The Morgan fingerprint density at radius 2 is 1.11 bits per heavy atom. The molecule has 0 aromatic heterocycles. The van der Waals surface area contributed by atoms with Crippen LogP contribution in [0, 0.1) is 6.92 Å². The summed E-state index contributed by atoms with van der Waals surface area (Å²) in [6.45, 7) is 8.78. The smallest absolute Gasteiger partial charge is 0.343 e. The Hall–Kier alpha value is -7.46. The van der Waals surface area contributed by atoms with Crippen LogP contribution < -0.4 is 14.8 Å². The van der Waals surface area contributed by atoms with E-state index in [0.29, 0.717) is 42.4 Å². The van der Waals surface area contributed by atoms with Crippen LogP contribution in [0.2, 0.25) is 0 Å². The lowest BCUT2D eigenvalue weighted by Crippen LogP contribution is -2.08. The Kier molecular flexibility index (Phi) is 14.0. The molecule has 0 aliphatic heterocycles. The molecule has 0 heterocycles. The van der Waals surface area contributed by atoms with Gasteiger partial charge in [-0.2, -0.15) is 5.11 Å². The predicted molar refractivity (Wildman–Crippen MR) is 242 cm³/mol. The van der Waals surface area contributed by atoms with Crippen LogP contribution >= 0.6 is 0 Å². The molecule has 0 aliphatic rings. The minimum absolute atomic E-state index is 0.348. The second kappa shape index (κ2) is 20.5. The van der Waals surface area contributed by atoms with Gasteiger partial charge in [-0.1, -0.05) is 84.9 Å². The zero-order valence-electron chi connectivity index (χ0n) is 34.3. The number of anilines is 1. The standard InChI is InChI=1S/C51H47N5O5/c1-35(2)50(57)60-33-11-5-4-10-32-59-40-26-20-38(21-27-40)51(58)61-41-24-18-37(19-25-41)34-52-46-28-29-48(43-13-7-6-12-42(43)46)55-56-49-31-30-47(44-14-8-9-15-45(44)49)54-53-39-22-16-36(3)17-23-39/h6-9,12-31,52H,1,4-5,10-11,32-34H2,2-3H3/b54-53+,56-55+. The summed E-state index contributed by atoms with van der Waals surface area (Å²) < 4.78 is 16.6. The molecule has 61 heavy (non-hydrogen) atoms. The van der Waals surface area contributed by atoms with Crippen LogP contribution in [0.5, 0.6) is 11.5 Å². The van der Waals surface area contributed by atoms with E-state index in [1.54, 1.807) is 43.3 Å². The highest BCUT2D eigenvalue weighted by Crippen LogP contribution is 2.37. The Morgan fingerprint density at radius 1 is 0.574 bits per heavy atom. The molecule has 0 fully saturated rings. The van der Waals surface area contributed by atoms with Crippen LogP contribution in [0.25, 0.3) is 21.5 Å². The first kappa shape index (κ1) is 41.7. The van der Waals surface area contributed by atoms with Gasteiger partial charge in [-0.15, -0.1) is 15.3 Å². The van der Waals surface area contributed by atoms with Gasteiger partial charge in [0.1, 0.15) is 11.5 Å². The van der Waals surface area contributed by atoms with Crippen molar-refractivity contribution in [3.63, 3.8) is 0 Å². The molecule has 0 saturated heterocycles. The van der Waals surface area contributed by atoms with Crippen LogP contribution in [0.4, 0.5) is 28.4 Å². The SMILES string of the molecule is C=C(C)C(=O)OCCCCCCOc1ccc(C(=O)Oc2ccc(CNc3ccc(/N=N/c4ccc(/N=N/c5ccc(C)cc5)c5ccccc45)c4ccccc34)cc2)cc1. The van der Waals surface area contributed by atoms with Gasteiger partial charge >= 0.3 is 11.9 Å². The molecule has 7 aromatic carbocycles. The van der Waals surface area contributed by atoms with E-state index in [0.717, 1.165) is 81.2 Å². The number of hydrogen-bond donors (Lipinski definition) is 1. The summed E-state index contributed by atoms with van der Waals surface area (Å²) in [5.74, 6) is 0.348. The van der Waals surface area contributed by atoms with Gasteiger partial charge in [0.15, 0.2) is 0 Å². The van der Waals surface area contributed by atoms with Crippen molar-refractivity contribution in [1.29, 1.82) is 0 Å². The van der Waals surface area contributed by atoms with E-state index in [2.05, 4.69) is 28.2 Å². The van der Waals surface area contributed by atoms with Crippen LogP contribution in [-0.4, -0.2) is 25.2 Å². The van der Waals surface area contributed by atoms with Gasteiger partial charge in [0.2, 0.25) is 0 Å². The van der Waals surface area contributed by atoms with Crippen LogP contribution in [0.3, 0.4) is 0 Å². The Morgan fingerprint density at radius 3 is 1.74 bits per heavy atom. The number of fused-ring (bicyclic) bond motifs is 2. The van der Waals surface area contributed by atoms with Crippen molar-refractivity contribution in [1.82, 2.24) is 0 Å². The predicted octanol–water partition coefficient (Wildman–Crippen LogP) is 14.0. The fourth-order valence-electron chi connectivity index (χ4n) is 6.56. The van der Waals surface area contributed by atoms with E-state index >= 15 is 0 Å². The molecule has 10 nitrogen and oxygen atoms in total. The molecule has 0 spiro atoms. The van der Waals surface area contributed by atoms with Crippen molar-refractivity contribution in [3.8, 4) is 11.5 Å². The zero-order valence-corrected chi connectivity index (χ0v) is 34.3. The number of azo groups is 2. The lowest BCUT2D eigenvalue weighted by atomic mass is 10.1. The molecule has 0 aliphatic carbocycles. The van der Waals surface area contributed by atoms with Crippen molar-refractivity contribution >= 4 is 61.9 Å². The fraction of sp³-hybridized carbons (Fsp3) is 0.176. The summed E-state index contributed by atoms with van der Waals surface area (Å²) in [5, 5.41) is 25.9. The number of carbonyl (C=O) groups excluding carboxylic acids is 2. The highest BCUT2D eigenvalue weighted by molar-refractivity contribution is 6.02. The maximum absolute atomic E-state index is 12.9. The molecule has 0 unspecified atom stereocenters. The average Bonchev–Trinajstić information content (AvgIpc) is 3.29. The van der Waals surface area contributed by atoms with Gasteiger partial charge in [0, 0.05) is 39.4 Å². The zero-order chi connectivity index (χ0) is 42.4. The Bertz CT molecular complexity index is 2690. The molecule has 7 rings (SSSR count). The summed E-state index contributed by atoms with van der Waals surface area (Å²) in [7, 11) is 0. The monoisotopic (exact) mass is 809 g/mol. The number of aryl methyl sites for hydroxylation is 1. The van der Waals surface area contributed by atoms with Crippen LogP contribution in [-0.2, 0) is 16.1 Å². The van der Waals surface area contributed by atoms with Gasteiger partial charge in [-0.05, 0) is 118 Å². The second-order valence-electron chi connectivity index (χ2n) is 14.7. The minimum Gasteiger partial charge on any atom is -0.494 e. The first-order valence-corrected chi connectivity index (χ1v) is 20.3. The number of benzene rings is 7. The Labute approximate surface area is 355 Å². The number of ether oxygens (including phenoxy) is 3. The molecule has 306 valence electrons. The molecule has 10 heteroatoms. The molecule has 7 aromatic rings. The van der Waals surface area contributed by atoms with Gasteiger partial charge in [-0.25, -0.2) is 9.59 Å². The van der Waals surface area contributed by atoms with E-state index < -0.39 is 5.97 Å². The molecular formula is C51H47N5O5. The van der Waals surface area contributed by atoms with Gasteiger partial charge < -0.3 is 19.5 Å². The van der Waals surface area contributed by atoms with Crippen molar-refractivity contribution in [3.05, 3.63) is 174 Å². The molecule has 0 amide bonds. The second-order valence-corrected chi connectivity index (χ2v) is 14.7. The number of carbonyl (C=O) groups is 2. The number of hydrogen-bond acceptors (Lipinski definition) is 10. The third-order valence-electron chi connectivity index (χ3n) is 9.95.